The van der Waals surface area contributed by atoms with E-state index in [4.69, 9.17) is 9.84 Å². The van der Waals surface area contributed by atoms with Crippen LogP contribution in [-0.4, -0.2) is 23.8 Å². The summed E-state index contributed by atoms with van der Waals surface area (Å²) >= 11 is 0. The fourth-order valence-electron chi connectivity index (χ4n) is 0.600. The van der Waals surface area contributed by atoms with Crippen molar-refractivity contribution in [3.8, 4) is 0 Å². The molecule has 0 bridgehead atoms. The Labute approximate surface area is 73.7 Å². The molecule has 0 saturated carbocycles. The Morgan fingerprint density at radius 1 is 1.50 bits per heavy atom. The number of carbonyl (C=O) groups is 1. The molecule has 0 aliphatic rings. The van der Waals surface area contributed by atoms with Gasteiger partial charge in [0.1, 0.15) is 6.10 Å². The third-order valence-corrected chi connectivity index (χ3v) is 1.46. The summed E-state index contributed by atoms with van der Waals surface area (Å²) in [7, 11) is 0. The minimum atomic E-state index is -0.455. The molecule has 3 heteroatoms. The molecule has 12 heavy (non-hydrogen) atoms. The van der Waals surface area contributed by atoms with Gasteiger partial charge in [0.15, 0.2) is 0 Å². The van der Waals surface area contributed by atoms with Gasteiger partial charge in [0, 0.05) is 13.0 Å². The summed E-state index contributed by atoms with van der Waals surface area (Å²) in [5, 5.41) is 8.56. The van der Waals surface area contributed by atoms with Crippen LogP contribution < -0.4 is 0 Å². The Morgan fingerprint density at radius 2 is 2.00 bits per heavy atom. The average Bonchev–Trinajstić information content (AvgIpc) is 1.85. The number of aliphatic hydroxyl groups is 1. The summed E-state index contributed by atoms with van der Waals surface area (Å²) in [4.78, 5) is 11.2. The summed E-state index contributed by atoms with van der Waals surface area (Å²) in [6.45, 7) is 7.25. The molecule has 3 nitrogen and oxygen atoms in total. The first-order valence-corrected chi connectivity index (χ1v) is 4.20. The van der Waals surface area contributed by atoms with E-state index in [0.29, 0.717) is 6.42 Å². The Kier molecular flexibility index (Phi) is 4.24. The number of aliphatic hydroxyl groups excluding tert-OH is 1. The van der Waals surface area contributed by atoms with Crippen LogP contribution in [0.4, 0.5) is 0 Å². The van der Waals surface area contributed by atoms with Gasteiger partial charge in [0.05, 0.1) is 5.41 Å². The van der Waals surface area contributed by atoms with E-state index < -0.39 is 5.41 Å². The van der Waals surface area contributed by atoms with E-state index in [0.717, 1.165) is 0 Å². The van der Waals surface area contributed by atoms with Crippen LogP contribution in [0, 0.1) is 5.41 Å². The molecule has 0 fully saturated rings. The van der Waals surface area contributed by atoms with E-state index in [9.17, 15) is 4.79 Å². The zero-order valence-corrected chi connectivity index (χ0v) is 8.26. The van der Waals surface area contributed by atoms with Crippen molar-refractivity contribution in [1.82, 2.24) is 0 Å². The SMILES string of the molecule is CC(CCO)OC(=O)C(C)(C)C. The first kappa shape index (κ1) is 11.4. The lowest BCUT2D eigenvalue weighted by Crippen LogP contribution is -2.27. The molecule has 0 saturated heterocycles. The maximum absolute atomic E-state index is 11.2. The van der Waals surface area contributed by atoms with Gasteiger partial charge in [-0.15, -0.1) is 0 Å². The van der Waals surface area contributed by atoms with E-state index in [1.54, 1.807) is 27.7 Å². The van der Waals surface area contributed by atoms with Gasteiger partial charge in [-0.3, -0.25) is 4.79 Å². The van der Waals surface area contributed by atoms with Crippen molar-refractivity contribution in [1.29, 1.82) is 0 Å². The van der Waals surface area contributed by atoms with Gasteiger partial charge in [0.2, 0.25) is 0 Å². The van der Waals surface area contributed by atoms with Gasteiger partial charge in [-0.25, -0.2) is 0 Å². The first-order valence-electron chi connectivity index (χ1n) is 4.20. The van der Waals surface area contributed by atoms with Gasteiger partial charge < -0.3 is 9.84 Å². The zero-order chi connectivity index (χ0) is 9.78. The van der Waals surface area contributed by atoms with Crippen LogP contribution in [-0.2, 0) is 9.53 Å². The molecule has 72 valence electrons. The summed E-state index contributed by atoms with van der Waals surface area (Å²) in [6.07, 6.45) is 0.309. The fraction of sp³-hybridized carbons (Fsp3) is 0.889. The molecule has 0 aromatic heterocycles. The van der Waals surface area contributed by atoms with Gasteiger partial charge in [-0.1, -0.05) is 0 Å². The number of hydrogen-bond donors (Lipinski definition) is 1. The third-order valence-electron chi connectivity index (χ3n) is 1.46. The molecular weight excluding hydrogens is 156 g/mol. The third kappa shape index (κ3) is 4.34. The lowest BCUT2D eigenvalue weighted by Gasteiger charge is -2.20. The molecule has 0 aliphatic heterocycles. The van der Waals surface area contributed by atoms with Crippen LogP contribution in [0.15, 0.2) is 0 Å². The molecular formula is C9H18O3. The lowest BCUT2D eigenvalue weighted by atomic mass is 9.97. The highest BCUT2D eigenvalue weighted by Crippen LogP contribution is 2.16. The Morgan fingerprint density at radius 3 is 2.33 bits per heavy atom. The molecule has 1 N–H and O–H groups in total. The monoisotopic (exact) mass is 174 g/mol. The Hall–Kier alpha value is -0.570. The quantitative estimate of drug-likeness (QED) is 0.657. The standard InChI is InChI=1S/C9H18O3/c1-7(5-6-10)12-8(11)9(2,3)4/h7,10H,5-6H2,1-4H3. The van der Waals surface area contributed by atoms with Crippen LogP contribution >= 0.6 is 0 Å². The van der Waals surface area contributed by atoms with Crippen molar-refractivity contribution in [3.05, 3.63) is 0 Å². The molecule has 0 rings (SSSR count). The highest BCUT2D eigenvalue weighted by Gasteiger charge is 2.24. The van der Waals surface area contributed by atoms with Crippen molar-refractivity contribution in [3.63, 3.8) is 0 Å². The predicted octanol–water partition coefficient (Wildman–Crippen LogP) is 1.35. The summed E-state index contributed by atoms with van der Waals surface area (Å²) in [6, 6.07) is 0. The number of hydrogen-bond acceptors (Lipinski definition) is 3. The maximum Gasteiger partial charge on any atom is 0.311 e. The average molecular weight is 174 g/mol. The zero-order valence-electron chi connectivity index (χ0n) is 8.26. The number of rotatable bonds is 3. The van der Waals surface area contributed by atoms with E-state index in [-0.39, 0.29) is 18.7 Å². The normalized spacial score (nSPS) is 14.1. The van der Waals surface area contributed by atoms with E-state index in [2.05, 4.69) is 0 Å². The fourth-order valence-corrected chi connectivity index (χ4v) is 0.600. The van der Waals surface area contributed by atoms with Crippen LogP contribution in [0.1, 0.15) is 34.1 Å². The van der Waals surface area contributed by atoms with E-state index in [1.807, 2.05) is 0 Å². The van der Waals surface area contributed by atoms with Gasteiger partial charge in [-0.2, -0.15) is 0 Å². The second-order valence-corrected chi connectivity index (χ2v) is 3.98. The van der Waals surface area contributed by atoms with Crippen LogP contribution in [0.5, 0.6) is 0 Å². The molecule has 0 heterocycles. The molecule has 0 aromatic rings. The highest BCUT2D eigenvalue weighted by molar-refractivity contribution is 5.75. The van der Waals surface area contributed by atoms with Gasteiger partial charge in [0.25, 0.3) is 0 Å². The van der Waals surface area contributed by atoms with Crippen molar-refractivity contribution < 1.29 is 14.6 Å². The molecule has 0 amide bonds. The van der Waals surface area contributed by atoms with E-state index >= 15 is 0 Å². The predicted molar refractivity (Wildman–Crippen MR) is 46.7 cm³/mol. The molecule has 0 aromatic carbocycles. The van der Waals surface area contributed by atoms with Crippen molar-refractivity contribution in [2.24, 2.45) is 5.41 Å². The number of esters is 1. The molecule has 0 aliphatic carbocycles. The van der Waals surface area contributed by atoms with Crippen LogP contribution in [0.25, 0.3) is 0 Å². The van der Waals surface area contributed by atoms with Crippen LogP contribution in [0.2, 0.25) is 0 Å². The van der Waals surface area contributed by atoms with Crippen LogP contribution in [0.3, 0.4) is 0 Å². The summed E-state index contributed by atoms with van der Waals surface area (Å²) in [5.41, 5.74) is -0.455. The number of carbonyl (C=O) groups excluding carboxylic acids is 1. The first-order chi connectivity index (χ1) is 5.38. The second kappa shape index (κ2) is 4.45. The van der Waals surface area contributed by atoms with Crippen molar-refractivity contribution in [2.75, 3.05) is 6.61 Å². The summed E-state index contributed by atoms with van der Waals surface area (Å²) < 4.78 is 5.06. The maximum atomic E-state index is 11.2. The van der Waals surface area contributed by atoms with Gasteiger partial charge >= 0.3 is 5.97 Å². The largest absolute Gasteiger partial charge is 0.462 e. The minimum Gasteiger partial charge on any atom is -0.462 e. The lowest BCUT2D eigenvalue weighted by molar-refractivity contribution is -0.158. The minimum absolute atomic E-state index is 0.0542. The highest BCUT2D eigenvalue weighted by atomic mass is 16.5. The summed E-state index contributed by atoms with van der Waals surface area (Å²) in [5.74, 6) is -0.219. The van der Waals surface area contributed by atoms with E-state index in [1.165, 1.54) is 0 Å². The van der Waals surface area contributed by atoms with Gasteiger partial charge in [-0.05, 0) is 27.7 Å². The topological polar surface area (TPSA) is 46.5 Å². The van der Waals surface area contributed by atoms with Crippen molar-refractivity contribution in [2.45, 2.75) is 40.2 Å². The molecule has 0 radical (unpaired) electrons. The molecule has 0 spiro atoms. The second-order valence-electron chi connectivity index (χ2n) is 3.98. The molecule has 1 atom stereocenters. The molecule has 1 unspecified atom stereocenters. The van der Waals surface area contributed by atoms with Crippen molar-refractivity contribution >= 4 is 5.97 Å². The Balaban J connectivity index is 3.85. The number of ether oxygens (including phenoxy) is 1. The Bertz CT molecular complexity index is 146. The smallest absolute Gasteiger partial charge is 0.311 e.